The fourth-order valence-corrected chi connectivity index (χ4v) is 4.64. The van der Waals surface area contributed by atoms with Crippen molar-refractivity contribution in [3.05, 3.63) is 36.2 Å². The zero-order valence-electron chi connectivity index (χ0n) is 16.7. The minimum atomic E-state index is -0.493. The molecule has 0 aliphatic rings. The first kappa shape index (κ1) is 19.5. The van der Waals surface area contributed by atoms with Crippen molar-refractivity contribution in [3.8, 4) is 16.5 Å². The van der Waals surface area contributed by atoms with Crippen molar-refractivity contribution >= 4 is 54.8 Å². The molecule has 0 radical (unpaired) electrons. The minimum absolute atomic E-state index is 0.207. The number of phenols is 1. The number of anilines is 2. The number of hydrogen-bond donors (Lipinski definition) is 3. The predicted octanol–water partition coefficient (Wildman–Crippen LogP) is 4.70. The smallest absolute Gasteiger partial charge is 0.326 e. The largest absolute Gasteiger partial charge is 0.508 e. The lowest BCUT2D eigenvalue weighted by Gasteiger charge is -2.11. The third-order valence-corrected chi connectivity index (χ3v) is 6.31. The first-order valence-corrected chi connectivity index (χ1v) is 10.9. The first-order chi connectivity index (χ1) is 14.8. The van der Waals surface area contributed by atoms with Crippen LogP contribution in [0, 0.1) is 0 Å². The lowest BCUT2D eigenvalue weighted by molar-refractivity contribution is 0.262. The van der Waals surface area contributed by atoms with Crippen LogP contribution in [0.5, 0.6) is 5.75 Å². The van der Waals surface area contributed by atoms with E-state index in [1.165, 1.54) is 22.7 Å². The van der Waals surface area contributed by atoms with Gasteiger partial charge in [-0.15, -0.1) is 10.2 Å². The van der Waals surface area contributed by atoms with Crippen LogP contribution in [0.1, 0.15) is 26.5 Å². The minimum Gasteiger partial charge on any atom is -0.508 e. The molecule has 10 nitrogen and oxygen atoms in total. The molecule has 0 atom stereocenters. The van der Waals surface area contributed by atoms with Crippen LogP contribution in [-0.2, 0) is 5.41 Å². The zero-order chi connectivity index (χ0) is 21.8. The first-order valence-electron chi connectivity index (χ1n) is 9.26. The number of fused-ring (bicyclic) bond motifs is 3. The summed E-state index contributed by atoms with van der Waals surface area (Å²) < 4.78 is 8.13. The summed E-state index contributed by atoms with van der Waals surface area (Å²) in [4.78, 5) is 17.6. The van der Waals surface area contributed by atoms with Gasteiger partial charge in [0.1, 0.15) is 17.2 Å². The van der Waals surface area contributed by atoms with E-state index in [2.05, 4.69) is 31.0 Å². The number of aromatic nitrogens is 5. The molecule has 2 amide bonds. The normalized spacial score (nSPS) is 12.0. The molecule has 0 saturated carbocycles. The highest BCUT2D eigenvalue weighted by molar-refractivity contribution is 7.23. The summed E-state index contributed by atoms with van der Waals surface area (Å²) in [6.45, 7) is 5.98. The van der Waals surface area contributed by atoms with Crippen LogP contribution in [0.15, 0.2) is 35.0 Å². The van der Waals surface area contributed by atoms with Gasteiger partial charge in [-0.05, 0) is 18.2 Å². The van der Waals surface area contributed by atoms with Crippen LogP contribution < -0.4 is 10.6 Å². The van der Waals surface area contributed by atoms with Crippen molar-refractivity contribution in [2.24, 2.45) is 0 Å². The summed E-state index contributed by atoms with van der Waals surface area (Å²) in [5.41, 5.74) is 1.39. The van der Waals surface area contributed by atoms with Gasteiger partial charge in [0.25, 0.3) is 0 Å². The number of rotatable bonds is 3. The van der Waals surface area contributed by atoms with E-state index in [4.69, 9.17) is 4.52 Å². The van der Waals surface area contributed by atoms with Gasteiger partial charge in [-0.3, -0.25) is 15.0 Å². The molecule has 0 fully saturated rings. The predicted molar refractivity (Wildman–Crippen MR) is 119 cm³/mol. The molecule has 0 aliphatic carbocycles. The Labute approximate surface area is 183 Å². The van der Waals surface area contributed by atoms with Crippen LogP contribution in [0.3, 0.4) is 0 Å². The van der Waals surface area contributed by atoms with Crippen molar-refractivity contribution in [1.29, 1.82) is 0 Å². The zero-order valence-corrected chi connectivity index (χ0v) is 18.3. The number of aromatic hydroxyl groups is 1. The Morgan fingerprint density at radius 1 is 1.16 bits per heavy atom. The fraction of sp³-hybridized carbons (Fsp3) is 0.211. The highest BCUT2D eigenvalue weighted by Gasteiger charge is 2.21. The van der Waals surface area contributed by atoms with Crippen LogP contribution in [0.4, 0.5) is 15.7 Å². The Hall–Kier alpha value is -3.51. The van der Waals surface area contributed by atoms with E-state index in [1.54, 1.807) is 18.2 Å². The van der Waals surface area contributed by atoms with Gasteiger partial charge in [0.15, 0.2) is 15.8 Å². The number of imidazole rings is 1. The van der Waals surface area contributed by atoms with E-state index in [0.717, 1.165) is 15.2 Å². The average Bonchev–Trinajstić information content (AvgIpc) is 3.43. The summed E-state index contributed by atoms with van der Waals surface area (Å²) in [5, 5.41) is 27.8. The number of urea groups is 1. The number of amides is 2. The molecular formula is C19H17N7O3S2. The molecule has 0 aliphatic heterocycles. The number of hydrogen-bond acceptors (Lipinski definition) is 9. The van der Waals surface area contributed by atoms with Crippen LogP contribution in [0.2, 0.25) is 0 Å². The number of nitrogens with one attached hydrogen (secondary N) is 2. The molecule has 12 heteroatoms. The summed E-state index contributed by atoms with van der Waals surface area (Å²) in [5.74, 6) is 1.21. The highest BCUT2D eigenvalue weighted by Crippen LogP contribution is 2.33. The molecule has 0 bridgehead atoms. The molecule has 5 rings (SSSR count). The van der Waals surface area contributed by atoms with Gasteiger partial charge < -0.3 is 9.63 Å². The third-order valence-electron chi connectivity index (χ3n) is 4.43. The average molecular weight is 456 g/mol. The van der Waals surface area contributed by atoms with E-state index in [0.29, 0.717) is 27.4 Å². The molecule has 5 aromatic rings. The van der Waals surface area contributed by atoms with Gasteiger partial charge in [-0.2, -0.15) is 0 Å². The van der Waals surface area contributed by atoms with E-state index >= 15 is 0 Å². The molecule has 0 unspecified atom stereocenters. The maximum atomic E-state index is 12.3. The number of thiazole rings is 1. The van der Waals surface area contributed by atoms with Gasteiger partial charge >= 0.3 is 6.03 Å². The Bertz CT molecular complexity index is 1420. The van der Waals surface area contributed by atoms with Crippen molar-refractivity contribution in [1.82, 2.24) is 24.7 Å². The Balaban J connectivity index is 1.31. The van der Waals surface area contributed by atoms with Gasteiger partial charge in [-0.1, -0.05) is 48.6 Å². The fourth-order valence-electron chi connectivity index (χ4n) is 2.90. The van der Waals surface area contributed by atoms with Crippen LogP contribution in [0.25, 0.3) is 25.9 Å². The van der Waals surface area contributed by atoms with Gasteiger partial charge in [0.05, 0.1) is 10.2 Å². The van der Waals surface area contributed by atoms with Crippen molar-refractivity contribution < 1.29 is 14.4 Å². The quantitative estimate of drug-likeness (QED) is 0.359. The Morgan fingerprint density at radius 2 is 2.00 bits per heavy atom. The molecule has 4 aromatic heterocycles. The monoisotopic (exact) mass is 455 g/mol. The standard InChI is InChI=1S/C19H17N7O3S2/c1-19(2,3)13-7-14(25-29-13)21-16(28)22-17-24-23-15(31-17)10-8-26-11-5-4-9(27)6-12(11)30-18(26)20-10/h4-8,27H,1-3H3,(H2,21,22,24,25,28). The number of phenolic OH excluding ortho intramolecular Hbond substituents is 1. The van der Waals surface area contributed by atoms with Gasteiger partial charge in [0.2, 0.25) is 5.13 Å². The lowest BCUT2D eigenvalue weighted by atomic mass is 9.93. The SMILES string of the molecule is CC(C)(C)c1cc(NC(=O)Nc2nnc(-c3cn4c(n3)sc3cc(O)ccc34)s2)no1. The topological polar surface area (TPSA) is 130 Å². The van der Waals surface area contributed by atoms with Crippen LogP contribution in [-0.4, -0.2) is 35.9 Å². The number of carbonyl (C=O) groups is 1. The lowest BCUT2D eigenvalue weighted by Crippen LogP contribution is -2.19. The van der Waals surface area contributed by atoms with E-state index in [-0.39, 0.29) is 11.2 Å². The number of benzene rings is 1. The molecule has 31 heavy (non-hydrogen) atoms. The molecular weight excluding hydrogens is 438 g/mol. The summed E-state index contributed by atoms with van der Waals surface area (Å²) in [6.07, 6.45) is 1.86. The molecule has 0 spiro atoms. The van der Waals surface area contributed by atoms with E-state index < -0.39 is 6.03 Å². The number of carbonyl (C=O) groups excluding carboxylic acids is 1. The van der Waals surface area contributed by atoms with Crippen LogP contribution >= 0.6 is 22.7 Å². The Morgan fingerprint density at radius 3 is 2.77 bits per heavy atom. The Kier molecular flexibility index (Phi) is 4.41. The molecule has 4 heterocycles. The number of nitrogens with zero attached hydrogens (tertiary/aromatic N) is 5. The molecule has 0 saturated heterocycles. The van der Waals surface area contributed by atoms with Crippen molar-refractivity contribution in [2.75, 3.05) is 10.6 Å². The molecule has 3 N–H and O–H groups in total. The van der Waals surface area contributed by atoms with Crippen molar-refractivity contribution in [2.45, 2.75) is 26.2 Å². The van der Waals surface area contributed by atoms with E-state index in [9.17, 15) is 9.90 Å². The second kappa shape index (κ2) is 7.03. The maximum absolute atomic E-state index is 12.3. The highest BCUT2D eigenvalue weighted by atomic mass is 32.1. The summed E-state index contributed by atoms with van der Waals surface area (Å²) in [6, 6.07) is 6.38. The van der Waals surface area contributed by atoms with Gasteiger partial charge in [0, 0.05) is 17.7 Å². The van der Waals surface area contributed by atoms with Gasteiger partial charge in [-0.25, -0.2) is 9.78 Å². The summed E-state index contributed by atoms with van der Waals surface area (Å²) in [7, 11) is 0. The summed E-state index contributed by atoms with van der Waals surface area (Å²) >= 11 is 2.68. The second-order valence-electron chi connectivity index (χ2n) is 7.85. The van der Waals surface area contributed by atoms with E-state index in [1.807, 2.05) is 37.4 Å². The molecule has 1 aromatic carbocycles. The van der Waals surface area contributed by atoms with Crippen molar-refractivity contribution in [3.63, 3.8) is 0 Å². The maximum Gasteiger partial charge on any atom is 0.326 e. The second-order valence-corrected chi connectivity index (χ2v) is 9.84. The third kappa shape index (κ3) is 3.70. The molecule has 158 valence electrons.